The van der Waals surface area contributed by atoms with Crippen LogP contribution in [0.2, 0.25) is 0 Å². The SMILES string of the molecule is CO[C@@H]1C[C@H]2CN(Cc3ccc(OC(F)(F)F)cc3)C[C@H]2C[C@H]1N(C)C. The molecule has 1 aromatic carbocycles. The van der Waals surface area contributed by atoms with Gasteiger partial charge in [-0.2, -0.15) is 0 Å². The van der Waals surface area contributed by atoms with E-state index in [0.717, 1.165) is 38.0 Å². The van der Waals surface area contributed by atoms with Crippen LogP contribution >= 0.6 is 0 Å². The molecule has 146 valence electrons. The number of likely N-dealkylation sites (N-methyl/N-ethyl adjacent to an activating group) is 1. The van der Waals surface area contributed by atoms with E-state index in [9.17, 15) is 13.2 Å². The Hall–Kier alpha value is -1.31. The van der Waals surface area contributed by atoms with Gasteiger partial charge in [-0.15, -0.1) is 13.2 Å². The molecule has 1 saturated carbocycles. The van der Waals surface area contributed by atoms with Crippen LogP contribution in [0.25, 0.3) is 0 Å². The molecule has 0 spiro atoms. The van der Waals surface area contributed by atoms with Crippen LogP contribution in [0.4, 0.5) is 13.2 Å². The van der Waals surface area contributed by atoms with Crippen LogP contribution in [0.1, 0.15) is 18.4 Å². The molecule has 1 aromatic rings. The average molecular weight is 372 g/mol. The largest absolute Gasteiger partial charge is 0.573 e. The van der Waals surface area contributed by atoms with E-state index in [4.69, 9.17) is 4.74 Å². The van der Waals surface area contributed by atoms with E-state index < -0.39 is 6.36 Å². The smallest absolute Gasteiger partial charge is 0.406 e. The van der Waals surface area contributed by atoms with Crippen LogP contribution in [0.3, 0.4) is 0 Å². The average Bonchev–Trinajstić information content (AvgIpc) is 2.95. The standard InChI is InChI=1S/C19H27F3N2O2/c1-23(2)17-8-14-11-24(12-15(14)9-18(17)25-3)10-13-4-6-16(7-5-13)26-19(20,21)22/h4-7,14-15,17-18H,8-12H2,1-3H3/t14-,15+,17-,18-/m1/s1. The third-order valence-corrected chi connectivity index (χ3v) is 5.69. The number of halogens is 3. The maximum absolute atomic E-state index is 12.2. The Morgan fingerprint density at radius 2 is 1.69 bits per heavy atom. The van der Waals surface area contributed by atoms with Crippen molar-refractivity contribution in [3.8, 4) is 5.75 Å². The minimum Gasteiger partial charge on any atom is -0.406 e. The van der Waals surface area contributed by atoms with Crippen molar-refractivity contribution in [3.05, 3.63) is 29.8 Å². The van der Waals surface area contributed by atoms with Gasteiger partial charge in [0.05, 0.1) is 6.10 Å². The monoisotopic (exact) mass is 372 g/mol. The fraction of sp³-hybridized carbons (Fsp3) is 0.684. The van der Waals surface area contributed by atoms with Gasteiger partial charge < -0.3 is 14.4 Å². The molecule has 0 N–H and O–H groups in total. The topological polar surface area (TPSA) is 24.9 Å². The van der Waals surface area contributed by atoms with Gasteiger partial charge in [-0.3, -0.25) is 4.90 Å². The van der Waals surface area contributed by atoms with Crippen molar-refractivity contribution in [1.29, 1.82) is 0 Å². The van der Waals surface area contributed by atoms with E-state index in [-0.39, 0.29) is 11.9 Å². The Morgan fingerprint density at radius 3 is 2.23 bits per heavy atom. The van der Waals surface area contributed by atoms with Gasteiger partial charge in [-0.1, -0.05) is 12.1 Å². The molecule has 1 saturated heterocycles. The van der Waals surface area contributed by atoms with Crippen molar-refractivity contribution < 1.29 is 22.6 Å². The molecule has 0 aromatic heterocycles. The molecule has 1 aliphatic heterocycles. The minimum atomic E-state index is -4.65. The molecule has 2 fully saturated rings. The summed E-state index contributed by atoms with van der Waals surface area (Å²) in [6, 6.07) is 6.64. The third-order valence-electron chi connectivity index (χ3n) is 5.69. The lowest BCUT2D eigenvalue weighted by Gasteiger charge is -2.40. The number of hydrogen-bond donors (Lipinski definition) is 0. The van der Waals surface area contributed by atoms with Crippen LogP contribution in [0.5, 0.6) is 5.75 Å². The molecule has 1 aliphatic carbocycles. The molecule has 2 aliphatic rings. The van der Waals surface area contributed by atoms with Crippen LogP contribution in [0.15, 0.2) is 24.3 Å². The number of likely N-dealkylation sites (tertiary alicyclic amines) is 1. The summed E-state index contributed by atoms with van der Waals surface area (Å²) in [4.78, 5) is 4.66. The number of alkyl halides is 3. The fourth-order valence-electron chi connectivity index (χ4n) is 4.47. The quantitative estimate of drug-likeness (QED) is 0.791. The molecule has 0 amide bonds. The lowest BCUT2D eigenvalue weighted by molar-refractivity contribution is -0.274. The number of benzene rings is 1. The van der Waals surface area contributed by atoms with Gasteiger partial charge in [-0.05, 0) is 56.5 Å². The molecule has 0 radical (unpaired) electrons. The summed E-state index contributed by atoms with van der Waals surface area (Å²) in [6.45, 7) is 2.81. The van der Waals surface area contributed by atoms with Crippen LogP contribution in [0, 0.1) is 11.8 Å². The fourth-order valence-corrected chi connectivity index (χ4v) is 4.47. The molecule has 26 heavy (non-hydrogen) atoms. The van der Waals surface area contributed by atoms with E-state index in [1.54, 1.807) is 19.2 Å². The highest BCUT2D eigenvalue weighted by Crippen LogP contribution is 2.39. The zero-order valence-electron chi connectivity index (χ0n) is 15.5. The molecule has 1 heterocycles. The van der Waals surface area contributed by atoms with Gasteiger partial charge in [0, 0.05) is 32.8 Å². The second-order valence-corrected chi connectivity index (χ2v) is 7.68. The molecule has 7 heteroatoms. The van der Waals surface area contributed by atoms with Crippen molar-refractivity contribution in [3.63, 3.8) is 0 Å². The molecule has 4 nitrogen and oxygen atoms in total. The summed E-state index contributed by atoms with van der Waals surface area (Å²) < 4.78 is 46.4. The second kappa shape index (κ2) is 7.74. The Balaban J connectivity index is 1.58. The Kier molecular flexibility index (Phi) is 5.79. The lowest BCUT2D eigenvalue weighted by atomic mass is 9.77. The summed E-state index contributed by atoms with van der Waals surface area (Å²) in [7, 11) is 6.00. The normalized spacial score (nSPS) is 29.8. The maximum atomic E-state index is 12.2. The van der Waals surface area contributed by atoms with E-state index in [1.165, 1.54) is 12.1 Å². The van der Waals surface area contributed by atoms with Crippen molar-refractivity contribution in [2.45, 2.75) is 37.9 Å². The summed E-state index contributed by atoms with van der Waals surface area (Å²) in [5.41, 5.74) is 1.01. The van der Waals surface area contributed by atoms with E-state index in [0.29, 0.717) is 17.9 Å². The predicted molar refractivity (Wildman–Crippen MR) is 92.9 cm³/mol. The van der Waals surface area contributed by atoms with Crippen molar-refractivity contribution >= 4 is 0 Å². The predicted octanol–water partition coefficient (Wildman–Crippen LogP) is 3.37. The van der Waals surface area contributed by atoms with E-state index >= 15 is 0 Å². The molecular weight excluding hydrogens is 345 g/mol. The highest BCUT2D eigenvalue weighted by Gasteiger charge is 2.42. The van der Waals surface area contributed by atoms with Crippen molar-refractivity contribution in [2.24, 2.45) is 11.8 Å². The van der Waals surface area contributed by atoms with Gasteiger partial charge in [0.1, 0.15) is 5.75 Å². The summed E-state index contributed by atoms with van der Waals surface area (Å²) in [5, 5.41) is 0. The second-order valence-electron chi connectivity index (χ2n) is 7.68. The Morgan fingerprint density at radius 1 is 1.08 bits per heavy atom. The first-order valence-electron chi connectivity index (χ1n) is 9.01. The van der Waals surface area contributed by atoms with Crippen LogP contribution in [-0.2, 0) is 11.3 Å². The minimum absolute atomic E-state index is 0.173. The molecule has 4 atom stereocenters. The number of fused-ring (bicyclic) bond motifs is 1. The van der Waals surface area contributed by atoms with Crippen LogP contribution in [-0.4, -0.2) is 62.6 Å². The number of ether oxygens (including phenoxy) is 2. The summed E-state index contributed by atoms with van der Waals surface area (Å²) >= 11 is 0. The van der Waals surface area contributed by atoms with Crippen molar-refractivity contribution in [1.82, 2.24) is 9.80 Å². The third kappa shape index (κ3) is 4.69. The van der Waals surface area contributed by atoms with Gasteiger partial charge >= 0.3 is 6.36 Å². The van der Waals surface area contributed by atoms with E-state index in [1.807, 2.05) is 0 Å². The molecule has 0 bridgehead atoms. The highest BCUT2D eigenvalue weighted by atomic mass is 19.4. The number of rotatable bonds is 5. The van der Waals surface area contributed by atoms with Gasteiger partial charge in [0.2, 0.25) is 0 Å². The van der Waals surface area contributed by atoms with Gasteiger partial charge in [0.25, 0.3) is 0 Å². The van der Waals surface area contributed by atoms with Gasteiger partial charge in [-0.25, -0.2) is 0 Å². The number of hydrogen-bond acceptors (Lipinski definition) is 4. The molecule has 0 unspecified atom stereocenters. The molecular formula is C19H27F3N2O2. The first kappa shape index (κ1) is 19.5. The maximum Gasteiger partial charge on any atom is 0.573 e. The van der Waals surface area contributed by atoms with Crippen LogP contribution < -0.4 is 4.74 Å². The summed E-state index contributed by atoms with van der Waals surface area (Å²) in [5.74, 6) is 1.11. The van der Waals surface area contributed by atoms with E-state index in [2.05, 4.69) is 28.6 Å². The first-order valence-corrected chi connectivity index (χ1v) is 9.01. The summed E-state index contributed by atoms with van der Waals surface area (Å²) in [6.07, 6.45) is -2.18. The number of methoxy groups -OCH3 is 1. The highest BCUT2D eigenvalue weighted by molar-refractivity contribution is 5.27. The first-order chi connectivity index (χ1) is 12.2. The van der Waals surface area contributed by atoms with Crippen molar-refractivity contribution in [2.75, 3.05) is 34.3 Å². The zero-order valence-corrected chi connectivity index (χ0v) is 15.5. The Labute approximate surface area is 152 Å². The zero-order chi connectivity index (χ0) is 18.9. The lowest BCUT2D eigenvalue weighted by Crippen LogP contribution is -2.47. The van der Waals surface area contributed by atoms with Gasteiger partial charge in [0.15, 0.2) is 0 Å². The molecule has 3 rings (SSSR count). The Bertz CT molecular complexity index is 591. The number of nitrogens with zero attached hydrogens (tertiary/aromatic N) is 2.